The number of piperidine rings is 1. The Kier molecular flexibility index (Phi) is 3.14. The highest BCUT2D eigenvalue weighted by Gasteiger charge is 2.27. The first-order chi connectivity index (χ1) is 7.66. The molecule has 0 spiro atoms. The van der Waals surface area contributed by atoms with E-state index in [1.807, 2.05) is 0 Å². The van der Waals surface area contributed by atoms with E-state index in [0.717, 1.165) is 19.4 Å². The molecule has 0 saturated carbocycles. The molecule has 2 unspecified atom stereocenters. The van der Waals surface area contributed by atoms with Crippen molar-refractivity contribution in [1.82, 2.24) is 25.5 Å². The fourth-order valence-electron chi connectivity index (χ4n) is 1.92. The molecule has 0 aromatic carbocycles. The van der Waals surface area contributed by atoms with Crippen molar-refractivity contribution in [2.45, 2.75) is 25.8 Å². The van der Waals surface area contributed by atoms with Gasteiger partial charge in [-0.05, 0) is 30.5 Å². The third-order valence-electron chi connectivity index (χ3n) is 2.80. The maximum atomic E-state index is 11.9. The summed E-state index contributed by atoms with van der Waals surface area (Å²) in [6.07, 6.45) is 2.19. The first kappa shape index (κ1) is 11.0. The molecule has 0 aliphatic carbocycles. The number of aromatic nitrogens is 4. The first-order valence-corrected chi connectivity index (χ1v) is 5.45. The molecule has 1 saturated heterocycles. The van der Waals surface area contributed by atoms with Crippen molar-refractivity contribution in [3.63, 3.8) is 0 Å². The highest BCUT2D eigenvalue weighted by atomic mass is 16.2. The Labute approximate surface area is 93.6 Å². The fraction of sp³-hybridized carbons (Fsp3) is 0.778. The van der Waals surface area contributed by atoms with Gasteiger partial charge in [0.05, 0.1) is 13.1 Å². The Bertz CT molecular complexity index is 376. The lowest BCUT2D eigenvalue weighted by molar-refractivity contribution is -0.119. The summed E-state index contributed by atoms with van der Waals surface area (Å²) in [7, 11) is 1.66. The van der Waals surface area contributed by atoms with Crippen molar-refractivity contribution in [3.05, 3.63) is 0 Å². The number of nitrogens with one attached hydrogen (secondary N) is 2. The second-order valence-corrected chi connectivity index (χ2v) is 4.14. The second kappa shape index (κ2) is 4.56. The van der Waals surface area contributed by atoms with Crippen LogP contribution in [0.25, 0.3) is 0 Å². The highest BCUT2D eigenvalue weighted by Crippen LogP contribution is 2.16. The summed E-state index contributed by atoms with van der Waals surface area (Å²) in [6, 6.07) is -0.155. The van der Waals surface area contributed by atoms with E-state index in [9.17, 15) is 4.79 Å². The molecule has 0 radical (unpaired) electrons. The van der Waals surface area contributed by atoms with Crippen LogP contribution in [0, 0.1) is 5.92 Å². The zero-order chi connectivity index (χ0) is 11.5. The van der Waals surface area contributed by atoms with Gasteiger partial charge in [0.1, 0.15) is 0 Å². The van der Waals surface area contributed by atoms with Crippen LogP contribution >= 0.6 is 0 Å². The van der Waals surface area contributed by atoms with Gasteiger partial charge in [0.15, 0.2) is 0 Å². The van der Waals surface area contributed by atoms with Crippen LogP contribution in [0.3, 0.4) is 0 Å². The van der Waals surface area contributed by atoms with Gasteiger partial charge in [-0.1, -0.05) is 12.0 Å². The minimum Gasteiger partial charge on any atom is -0.306 e. The van der Waals surface area contributed by atoms with Gasteiger partial charge in [-0.15, -0.1) is 5.10 Å². The molecule has 16 heavy (non-hydrogen) atoms. The molecule has 7 heteroatoms. The van der Waals surface area contributed by atoms with Gasteiger partial charge < -0.3 is 5.32 Å². The zero-order valence-corrected chi connectivity index (χ0v) is 9.47. The third-order valence-corrected chi connectivity index (χ3v) is 2.80. The Morgan fingerprint density at radius 1 is 1.62 bits per heavy atom. The van der Waals surface area contributed by atoms with E-state index < -0.39 is 0 Å². The maximum Gasteiger partial charge on any atom is 0.270 e. The van der Waals surface area contributed by atoms with Gasteiger partial charge >= 0.3 is 0 Å². The summed E-state index contributed by atoms with van der Waals surface area (Å²) in [6.45, 7) is 2.96. The van der Waals surface area contributed by atoms with Crippen molar-refractivity contribution >= 4 is 11.9 Å². The van der Waals surface area contributed by atoms with E-state index in [1.165, 1.54) is 4.80 Å². The van der Waals surface area contributed by atoms with E-state index in [2.05, 4.69) is 33.0 Å². The number of carbonyl (C=O) groups excluding carboxylic acids is 1. The van der Waals surface area contributed by atoms with Crippen molar-refractivity contribution in [1.29, 1.82) is 0 Å². The number of aryl methyl sites for hydroxylation is 1. The smallest absolute Gasteiger partial charge is 0.270 e. The lowest BCUT2D eigenvalue weighted by atomic mass is 9.92. The van der Waals surface area contributed by atoms with Gasteiger partial charge in [0, 0.05) is 0 Å². The monoisotopic (exact) mass is 224 g/mol. The van der Waals surface area contributed by atoms with Gasteiger partial charge in [-0.2, -0.15) is 4.80 Å². The standard InChI is InChI=1S/C9H16N6O/c1-6-4-3-5-10-7(6)8(16)11-9-12-14-15(2)13-9/h6-7,10H,3-5H2,1-2H3,(H,11,13,16). The average molecular weight is 224 g/mol. The summed E-state index contributed by atoms with van der Waals surface area (Å²) in [5.74, 6) is 0.512. The highest BCUT2D eigenvalue weighted by molar-refractivity contribution is 5.93. The quantitative estimate of drug-likeness (QED) is 0.710. The predicted octanol–water partition coefficient (Wildman–Crippen LogP) is -0.463. The molecule has 1 aromatic rings. The molecule has 2 N–H and O–H groups in total. The number of hydrogen-bond acceptors (Lipinski definition) is 5. The third kappa shape index (κ3) is 2.35. The van der Waals surface area contributed by atoms with Crippen LogP contribution in [-0.4, -0.2) is 38.7 Å². The number of nitrogens with zero attached hydrogens (tertiary/aromatic N) is 4. The van der Waals surface area contributed by atoms with Crippen LogP contribution in [0.4, 0.5) is 5.95 Å². The van der Waals surface area contributed by atoms with Crippen LogP contribution in [0.15, 0.2) is 0 Å². The summed E-state index contributed by atoms with van der Waals surface area (Å²) in [4.78, 5) is 13.2. The number of tetrazole rings is 1. The predicted molar refractivity (Wildman–Crippen MR) is 57.6 cm³/mol. The number of amides is 1. The molecule has 2 rings (SSSR count). The molecule has 2 heterocycles. The Morgan fingerprint density at radius 3 is 3.06 bits per heavy atom. The normalized spacial score (nSPS) is 25.4. The van der Waals surface area contributed by atoms with Crippen LogP contribution in [0.1, 0.15) is 19.8 Å². The molecular weight excluding hydrogens is 208 g/mol. The zero-order valence-electron chi connectivity index (χ0n) is 9.47. The number of rotatable bonds is 2. The molecule has 2 atom stereocenters. The summed E-state index contributed by atoms with van der Waals surface area (Å²) in [5.41, 5.74) is 0. The van der Waals surface area contributed by atoms with Crippen LogP contribution in [-0.2, 0) is 11.8 Å². The second-order valence-electron chi connectivity index (χ2n) is 4.14. The largest absolute Gasteiger partial charge is 0.306 e. The SMILES string of the molecule is CC1CCCNC1C(=O)Nc1nnn(C)n1. The van der Waals surface area contributed by atoms with E-state index >= 15 is 0 Å². The van der Waals surface area contributed by atoms with Crippen LogP contribution in [0.5, 0.6) is 0 Å². The number of anilines is 1. The molecule has 88 valence electrons. The average Bonchev–Trinajstić information content (AvgIpc) is 2.64. The molecule has 1 amide bonds. The summed E-state index contributed by atoms with van der Waals surface area (Å²) in [5, 5.41) is 17.1. The van der Waals surface area contributed by atoms with Crippen LogP contribution in [0.2, 0.25) is 0 Å². The minimum atomic E-state index is -0.155. The minimum absolute atomic E-state index is 0.0831. The van der Waals surface area contributed by atoms with Gasteiger partial charge in [0.25, 0.3) is 5.95 Å². The van der Waals surface area contributed by atoms with Crippen molar-refractivity contribution < 1.29 is 4.79 Å². The molecular formula is C9H16N6O. The van der Waals surface area contributed by atoms with E-state index in [-0.39, 0.29) is 17.9 Å². The Balaban J connectivity index is 1.96. The van der Waals surface area contributed by atoms with Crippen molar-refractivity contribution in [2.75, 3.05) is 11.9 Å². The molecule has 1 aromatic heterocycles. The van der Waals surface area contributed by atoms with Crippen molar-refractivity contribution in [2.24, 2.45) is 13.0 Å². The van der Waals surface area contributed by atoms with Gasteiger partial charge in [0.2, 0.25) is 5.91 Å². The van der Waals surface area contributed by atoms with E-state index in [4.69, 9.17) is 0 Å². The number of hydrogen-bond donors (Lipinski definition) is 2. The molecule has 0 bridgehead atoms. The Morgan fingerprint density at radius 2 is 2.44 bits per heavy atom. The molecule has 1 fully saturated rings. The van der Waals surface area contributed by atoms with Gasteiger partial charge in [-0.3, -0.25) is 10.1 Å². The molecule has 1 aliphatic rings. The topological polar surface area (TPSA) is 84.7 Å². The van der Waals surface area contributed by atoms with E-state index in [0.29, 0.717) is 5.92 Å². The van der Waals surface area contributed by atoms with Crippen molar-refractivity contribution in [3.8, 4) is 0 Å². The van der Waals surface area contributed by atoms with E-state index in [1.54, 1.807) is 7.05 Å². The fourth-order valence-corrected chi connectivity index (χ4v) is 1.92. The molecule has 7 nitrogen and oxygen atoms in total. The Hall–Kier alpha value is -1.50. The summed E-state index contributed by atoms with van der Waals surface area (Å²) < 4.78 is 0. The molecule has 1 aliphatic heterocycles. The summed E-state index contributed by atoms with van der Waals surface area (Å²) >= 11 is 0. The lowest BCUT2D eigenvalue weighted by Crippen LogP contribution is -2.48. The van der Waals surface area contributed by atoms with Crippen LogP contribution < -0.4 is 10.6 Å². The number of carbonyl (C=O) groups is 1. The first-order valence-electron chi connectivity index (χ1n) is 5.45. The maximum absolute atomic E-state index is 11.9. The lowest BCUT2D eigenvalue weighted by Gasteiger charge is -2.28. The van der Waals surface area contributed by atoms with Gasteiger partial charge in [-0.25, -0.2) is 0 Å².